The first-order chi connectivity index (χ1) is 23.3. The van der Waals surface area contributed by atoms with E-state index in [9.17, 15) is 0 Å². The van der Waals surface area contributed by atoms with E-state index >= 15 is 0 Å². The van der Waals surface area contributed by atoms with Gasteiger partial charge < -0.3 is 9.73 Å². The zero-order valence-electron chi connectivity index (χ0n) is 25.6. The van der Waals surface area contributed by atoms with E-state index in [1.165, 1.54) is 66.4 Å². The van der Waals surface area contributed by atoms with Crippen molar-refractivity contribution >= 4 is 27.4 Å². The van der Waals surface area contributed by atoms with Gasteiger partial charge in [0.05, 0.1) is 11.7 Å². The number of fused-ring (bicyclic) bond motifs is 6. The molecule has 1 aliphatic heterocycles. The second-order valence-corrected chi connectivity index (χ2v) is 12.5. The van der Waals surface area contributed by atoms with Crippen LogP contribution in [0, 0.1) is 0 Å². The molecule has 1 aliphatic carbocycles. The van der Waals surface area contributed by atoms with Gasteiger partial charge in [-0.15, -0.1) is 0 Å². The van der Waals surface area contributed by atoms with E-state index in [2.05, 4.69) is 162 Å². The highest BCUT2D eigenvalue weighted by molar-refractivity contribution is 6.19. The van der Waals surface area contributed by atoms with Crippen LogP contribution in [0.2, 0.25) is 0 Å². The van der Waals surface area contributed by atoms with Gasteiger partial charge in [0.1, 0.15) is 17.5 Å². The Balaban J connectivity index is 1.16. The van der Waals surface area contributed by atoms with Crippen LogP contribution < -0.4 is 10.6 Å². The summed E-state index contributed by atoms with van der Waals surface area (Å²) < 4.78 is 6.60. The first-order valence-corrected chi connectivity index (χ1v) is 16.3. The summed E-state index contributed by atoms with van der Waals surface area (Å²) in [7, 11) is 0. The minimum atomic E-state index is -0.162. The summed E-state index contributed by atoms with van der Waals surface area (Å²) in [6.45, 7) is 0. The quantitative estimate of drug-likeness (QED) is 0.210. The van der Waals surface area contributed by atoms with Crippen molar-refractivity contribution in [1.29, 1.82) is 0 Å². The Bertz CT molecular complexity index is 2460. The van der Waals surface area contributed by atoms with Crippen molar-refractivity contribution in [3.8, 4) is 44.5 Å². The van der Waals surface area contributed by atoms with E-state index in [0.717, 1.165) is 22.4 Å². The second-order valence-electron chi connectivity index (χ2n) is 12.5. The molecule has 0 bridgehead atoms. The van der Waals surface area contributed by atoms with Crippen molar-refractivity contribution in [2.75, 3.05) is 5.32 Å². The molecular formula is C44H30N2O. The third-order valence-corrected chi connectivity index (χ3v) is 9.93. The van der Waals surface area contributed by atoms with Gasteiger partial charge in [-0.25, -0.2) is 0 Å². The highest BCUT2D eigenvalue weighted by atomic mass is 16.3. The zero-order chi connectivity index (χ0) is 30.9. The molecule has 2 unspecified atom stereocenters. The topological polar surface area (TPSA) is 37.2 Å². The minimum absolute atomic E-state index is 0.141. The van der Waals surface area contributed by atoms with Crippen LogP contribution in [0.15, 0.2) is 162 Å². The van der Waals surface area contributed by atoms with Gasteiger partial charge >= 0.3 is 0 Å². The monoisotopic (exact) mass is 602 g/mol. The number of benzene rings is 7. The molecule has 0 radical (unpaired) electrons. The van der Waals surface area contributed by atoms with Crippen LogP contribution in [0.5, 0.6) is 0 Å². The molecular weight excluding hydrogens is 572 g/mol. The molecule has 3 heteroatoms. The van der Waals surface area contributed by atoms with E-state index in [1.807, 2.05) is 6.07 Å². The molecule has 7 aromatic carbocycles. The van der Waals surface area contributed by atoms with E-state index in [-0.39, 0.29) is 12.2 Å². The number of nitrogens with one attached hydrogen (secondary N) is 2. The smallest absolute Gasteiger partial charge is 0.149 e. The molecule has 3 nitrogen and oxygen atoms in total. The van der Waals surface area contributed by atoms with Gasteiger partial charge in [-0.05, 0) is 78.5 Å². The first kappa shape index (κ1) is 26.3. The molecule has 2 heterocycles. The maximum absolute atomic E-state index is 6.60. The molecule has 2 N–H and O–H groups in total. The number of hydrogen-bond donors (Lipinski definition) is 2. The lowest BCUT2D eigenvalue weighted by atomic mass is 9.88. The van der Waals surface area contributed by atoms with Crippen molar-refractivity contribution in [1.82, 2.24) is 5.32 Å². The Labute approximate surface area is 273 Å². The summed E-state index contributed by atoms with van der Waals surface area (Å²) in [5, 5.41) is 11.6. The Morgan fingerprint density at radius 2 is 1.15 bits per heavy atom. The molecule has 47 heavy (non-hydrogen) atoms. The standard InChI is InChI=1S/C44H30N2O/c1-3-11-27(12-4-1)28-21-23-31(24-22-28)41-43-42(33-17-7-8-20-37(33)47-43)46-44(45-41)36-26-25-32(29-13-5-2-6-14-29)39-34-18-9-15-30-16-10-19-35(38(30)34)40(36)39/h1-26,41,44-46H. The maximum atomic E-state index is 6.60. The molecule has 8 aromatic rings. The summed E-state index contributed by atoms with van der Waals surface area (Å²) >= 11 is 0. The largest absolute Gasteiger partial charge is 0.457 e. The minimum Gasteiger partial charge on any atom is -0.457 e. The van der Waals surface area contributed by atoms with Crippen LogP contribution in [0.25, 0.3) is 66.2 Å². The van der Waals surface area contributed by atoms with Crippen LogP contribution in [-0.4, -0.2) is 0 Å². The molecule has 0 fully saturated rings. The van der Waals surface area contributed by atoms with E-state index in [4.69, 9.17) is 4.42 Å². The van der Waals surface area contributed by atoms with E-state index in [0.29, 0.717) is 0 Å². The molecule has 1 aromatic heterocycles. The average molecular weight is 603 g/mol. The number of rotatable bonds is 4. The summed E-state index contributed by atoms with van der Waals surface area (Å²) in [6.07, 6.45) is -0.162. The van der Waals surface area contributed by atoms with Crippen molar-refractivity contribution in [3.05, 3.63) is 175 Å². The highest BCUT2D eigenvalue weighted by Crippen LogP contribution is 2.54. The lowest BCUT2D eigenvalue weighted by Gasteiger charge is -2.34. The molecule has 0 spiro atoms. The number of anilines is 1. The third kappa shape index (κ3) is 4.04. The van der Waals surface area contributed by atoms with Gasteiger partial charge in [-0.1, -0.05) is 146 Å². The van der Waals surface area contributed by atoms with Gasteiger partial charge in [0.2, 0.25) is 0 Å². The Kier molecular flexibility index (Phi) is 5.78. The van der Waals surface area contributed by atoms with Gasteiger partial charge in [0, 0.05) is 5.39 Å². The third-order valence-electron chi connectivity index (χ3n) is 9.93. The fourth-order valence-electron chi connectivity index (χ4n) is 7.80. The van der Waals surface area contributed by atoms with Crippen molar-refractivity contribution in [2.24, 2.45) is 0 Å². The number of hydrogen-bond acceptors (Lipinski definition) is 3. The number of furan rings is 1. The Hall–Kier alpha value is -5.90. The van der Waals surface area contributed by atoms with Crippen molar-refractivity contribution in [3.63, 3.8) is 0 Å². The van der Waals surface area contributed by atoms with Crippen LogP contribution >= 0.6 is 0 Å². The number of para-hydroxylation sites is 1. The van der Waals surface area contributed by atoms with E-state index in [1.54, 1.807) is 0 Å². The molecule has 222 valence electrons. The fraction of sp³-hybridized carbons (Fsp3) is 0.0455. The van der Waals surface area contributed by atoms with Gasteiger partial charge in [0.25, 0.3) is 0 Å². The second kappa shape index (κ2) is 10.3. The summed E-state index contributed by atoms with van der Waals surface area (Å²) in [5.74, 6) is 0.915. The lowest BCUT2D eigenvalue weighted by Crippen LogP contribution is -2.37. The molecule has 2 aliphatic rings. The summed E-state index contributed by atoms with van der Waals surface area (Å²) in [4.78, 5) is 0. The average Bonchev–Trinajstić information content (AvgIpc) is 3.69. The summed E-state index contributed by atoms with van der Waals surface area (Å²) in [6, 6.07) is 56.5. The van der Waals surface area contributed by atoms with Crippen LogP contribution in [0.3, 0.4) is 0 Å². The van der Waals surface area contributed by atoms with Crippen LogP contribution in [0.4, 0.5) is 5.69 Å². The van der Waals surface area contributed by atoms with Crippen molar-refractivity contribution in [2.45, 2.75) is 12.2 Å². The first-order valence-electron chi connectivity index (χ1n) is 16.3. The molecule has 10 rings (SSSR count). The predicted molar refractivity (Wildman–Crippen MR) is 193 cm³/mol. The summed E-state index contributed by atoms with van der Waals surface area (Å²) in [5.41, 5.74) is 14.4. The van der Waals surface area contributed by atoms with Gasteiger partial charge in [-0.2, -0.15) is 0 Å². The maximum Gasteiger partial charge on any atom is 0.149 e. The fourth-order valence-corrected chi connectivity index (χ4v) is 7.80. The molecule has 2 atom stereocenters. The van der Waals surface area contributed by atoms with Crippen LogP contribution in [-0.2, 0) is 0 Å². The zero-order valence-corrected chi connectivity index (χ0v) is 25.6. The van der Waals surface area contributed by atoms with Crippen molar-refractivity contribution < 1.29 is 4.42 Å². The Morgan fingerprint density at radius 3 is 1.91 bits per heavy atom. The van der Waals surface area contributed by atoms with Gasteiger partial charge in [0.15, 0.2) is 0 Å². The lowest BCUT2D eigenvalue weighted by molar-refractivity contribution is 0.423. The highest BCUT2D eigenvalue weighted by Gasteiger charge is 2.36. The Morgan fingerprint density at radius 1 is 0.489 bits per heavy atom. The van der Waals surface area contributed by atoms with E-state index < -0.39 is 0 Å². The predicted octanol–water partition coefficient (Wildman–Crippen LogP) is 11.4. The van der Waals surface area contributed by atoms with Crippen LogP contribution in [0.1, 0.15) is 29.1 Å². The normalized spacial score (nSPS) is 16.2. The van der Waals surface area contributed by atoms with Gasteiger partial charge in [-0.3, -0.25) is 5.32 Å². The SMILES string of the molecule is c1ccc(-c2ccc(C3NC(c4ccc(-c5ccccc5)c5c4-c4cccc6cccc-5c46)Nc4c3oc3ccccc43)cc2)cc1. The molecule has 0 amide bonds. The molecule has 0 saturated heterocycles. The molecule has 0 saturated carbocycles.